The average molecular weight is 497 g/mol. The molecule has 0 saturated heterocycles. The molecule has 8 aromatic rings. The first-order valence-corrected chi connectivity index (χ1v) is 13.4. The van der Waals surface area contributed by atoms with Gasteiger partial charge in [-0.1, -0.05) is 133 Å². The van der Waals surface area contributed by atoms with Crippen molar-refractivity contribution in [3.05, 3.63) is 146 Å². The quantitative estimate of drug-likeness (QED) is 0.222. The third kappa shape index (κ3) is 3.41. The molecule has 8 rings (SSSR count). The van der Waals surface area contributed by atoms with Gasteiger partial charge in [-0.15, -0.1) is 0 Å². The Morgan fingerprint density at radius 1 is 0.308 bits per heavy atom. The second kappa shape index (κ2) is 8.72. The SMILES string of the molecule is c1ccc(-c2c3ccccc3c(-c3ccc(-c4cccc5oc6ccccc6c45)cc3)c3ccccc23)cc1. The fourth-order valence-electron chi connectivity index (χ4n) is 6.19. The molecule has 0 bridgehead atoms. The molecule has 1 nitrogen and oxygen atoms in total. The molecule has 0 radical (unpaired) electrons. The molecule has 0 fully saturated rings. The van der Waals surface area contributed by atoms with Gasteiger partial charge in [-0.05, 0) is 67.1 Å². The van der Waals surface area contributed by atoms with Crippen molar-refractivity contribution in [1.82, 2.24) is 0 Å². The summed E-state index contributed by atoms with van der Waals surface area (Å²) < 4.78 is 6.15. The van der Waals surface area contributed by atoms with Gasteiger partial charge in [0.25, 0.3) is 0 Å². The molecule has 1 heterocycles. The van der Waals surface area contributed by atoms with E-state index in [-0.39, 0.29) is 0 Å². The van der Waals surface area contributed by atoms with E-state index in [1.165, 1.54) is 60.3 Å². The van der Waals surface area contributed by atoms with Gasteiger partial charge in [0.2, 0.25) is 0 Å². The van der Waals surface area contributed by atoms with Crippen LogP contribution in [-0.4, -0.2) is 0 Å². The van der Waals surface area contributed by atoms with Crippen molar-refractivity contribution in [1.29, 1.82) is 0 Å². The van der Waals surface area contributed by atoms with Gasteiger partial charge in [0, 0.05) is 10.8 Å². The number of rotatable bonds is 3. The van der Waals surface area contributed by atoms with Crippen molar-refractivity contribution >= 4 is 43.5 Å². The second-order valence-electron chi connectivity index (χ2n) is 10.1. The molecular formula is C38H24O. The van der Waals surface area contributed by atoms with Crippen LogP contribution in [0.3, 0.4) is 0 Å². The number of hydrogen-bond donors (Lipinski definition) is 0. The van der Waals surface area contributed by atoms with Crippen molar-refractivity contribution in [3.8, 4) is 33.4 Å². The van der Waals surface area contributed by atoms with Crippen LogP contribution >= 0.6 is 0 Å². The van der Waals surface area contributed by atoms with Gasteiger partial charge in [0.15, 0.2) is 0 Å². The fraction of sp³-hybridized carbons (Fsp3) is 0. The van der Waals surface area contributed by atoms with Gasteiger partial charge in [-0.25, -0.2) is 0 Å². The second-order valence-corrected chi connectivity index (χ2v) is 10.1. The van der Waals surface area contributed by atoms with Crippen molar-refractivity contribution in [2.45, 2.75) is 0 Å². The van der Waals surface area contributed by atoms with E-state index in [4.69, 9.17) is 4.42 Å². The maximum absolute atomic E-state index is 6.15. The van der Waals surface area contributed by atoms with Crippen molar-refractivity contribution in [2.75, 3.05) is 0 Å². The number of para-hydroxylation sites is 1. The Balaban J connectivity index is 1.36. The summed E-state index contributed by atoms with van der Waals surface area (Å²) in [5, 5.41) is 7.41. The lowest BCUT2D eigenvalue weighted by Gasteiger charge is -2.18. The minimum absolute atomic E-state index is 0.922. The molecule has 0 aliphatic heterocycles. The third-order valence-electron chi connectivity index (χ3n) is 7.88. The highest BCUT2D eigenvalue weighted by atomic mass is 16.3. The minimum atomic E-state index is 0.922. The molecule has 0 spiro atoms. The smallest absolute Gasteiger partial charge is 0.136 e. The predicted molar refractivity (Wildman–Crippen MR) is 165 cm³/mol. The summed E-state index contributed by atoms with van der Waals surface area (Å²) in [6, 6.07) is 52.0. The Kier molecular flexibility index (Phi) is 4.89. The van der Waals surface area contributed by atoms with Gasteiger partial charge < -0.3 is 4.42 Å². The van der Waals surface area contributed by atoms with Gasteiger partial charge in [-0.3, -0.25) is 0 Å². The number of benzene rings is 7. The van der Waals surface area contributed by atoms with E-state index in [1.807, 2.05) is 12.1 Å². The minimum Gasteiger partial charge on any atom is -0.456 e. The van der Waals surface area contributed by atoms with E-state index < -0.39 is 0 Å². The van der Waals surface area contributed by atoms with E-state index in [0.717, 1.165) is 16.6 Å². The maximum atomic E-state index is 6.15. The zero-order valence-electron chi connectivity index (χ0n) is 21.3. The van der Waals surface area contributed by atoms with Crippen LogP contribution in [0.1, 0.15) is 0 Å². The number of hydrogen-bond acceptors (Lipinski definition) is 1. The van der Waals surface area contributed by atoms with Crippen LogP contribution in [-0.2, 0) is 0 Å². The summed E-state index contributed by atoms with van der Waals surface area (Å²) in [5.74, 6) is 0. The van der Waals surface area contributed by atoms with Gasteiger partial charge in [-0.2, -0.15) is 0 Å². The van der Waals surface area contributed by atoms with Crippen LogP contribution in [0.4, 0.5) is 0 Å². The largest absolute Gasteiger partial charge is 0.456 e. The molecule has 39 heavy (non-hydrogen) atoms. The Morgan fingerprint density at radius 2 is 0.769 bits per heavy atom. The molecule has 0 saturated carbocycles. The molecule has 0 unspecified atom stereocenters. The van der Waals surface area contributed by atoms with Crippen molar-refractivity contribution < 1.29 is 4.42 Å². The summed E-state index contributed by atoms with van der Waals surface area (Å²) >= 11 is 0. The molecular weight excluding hydrogens is 472 g/mol. The highest BCUT2D eigenvalue weighted by Gasteiger charge is 2.17. The topological polar surface area (TPSA) is 13.1 Å². The Bertz CT molecular complexity index is 2090. The van der Waals surface area contributed by atoms with Crippen LogP contribution in [0.15, 0.2) is 150 Å². The summed E-state index contributed by atoms with van der Waals surface area (Å²) in [5.41, 5.74) is 9.25. The van der Waals surface area contributed by atoms with Crippen LogP contribution in [0.25, 0.3) is 76.9 Å². The normalized spacial score (nSPS) is 11.6. The molecule has 0 amide bonds. The highest BCUT2D eigenvalue weighted by Crippen LogP contribution is 2.44. The zero-order chi connectivity index (χ0) is 25.8. The van der Waals surface area contributed by atoms with Crippen LogP contribution in [0.2, 0.25) is 0 Å². The molecule has 0 aliphatic carbocycles. The van der Waals surface area contributed by atoms with Crippen molar-refractivity contribution in [3.63, 3.8) is 0 Å². The van der Waals surface area contributed by atoms with E-state index in [0.29, 0.717) is 0 Å². The first kappa shape index (κ1) is 21.9. The standard InChI is InChI=1S/C38H24O/c1-2-11-26(12-3-1)36-29-13-4-6-15-31(29)37(32-16-7-5-14-30(32)36)27-23-21-25(22-24-27)28-18-10-20-35-38(28)33-17-8-9-19-34(33)39-35/h1-24H. The van der Waals surface area contributed by atoms with Crippen molar-refractivity contribution in [2.24, 2.45) is 0 Å². The van der Waals surface area contributed by atoms with Crippen LogP contribution in [0, 0.1) is 0 Å². The molecule has 182 valence electrons. The molecule has 0 aliphatic rings. The number of furan rings is 1. The lowest BCUT2D eigenvalue weighted by atomic mass is 9.85. The monoisotopic (exact) mass is 496 g/mol. The lowest BCUT2D eigenvalue weighted by Crippen LogP contribution is -1.90. The summed E-state index contributed by atoms with van der Waals surface area (Å²) in [7, 11) is 0. The van der Waals surface area contributed by atoms with Crippen LogP contribution < -0.4 is 0 Å². The summed E-state index contributed by atoms with van der Waals surface area (Å²) in [6.45, 7) is 0. The Labute approximate surface area is 226 Å². The molecule has 7 aromatic carbocycles. The Hall–Kier alpha value is -5.14. The fourth-order valence-corrected chi connectivity index (χ4v) is 6.19. The van der Waals surface area contributed by atoms with E-state index in [1.54, 1.807) is 0 Å². The molecule has 0 N–H and O–H groups in total. The first-order chi connectivity index (χ1) is 19.4. The Morgan fingerprint density at radius 3 is 1.38 bits per heavy atom. The summed E-state index contributed by atoms with van der Waals surface area (Å²) in [4.78, 5) is 0. The molecule has 1 aromatic heterocycles. The van der Waals surface area contributed by atoms with Crippen LogP contribution in [0.5, 0.6) is 0 Å². The summed E-state index contributed by atoms with van der Waals surface area (Å²) in [6.07, 6.45) is 0. The number of fused-ring (bicyclic) bond motifs is 5. The van der Waals surface area contributed by atoms with E-state index >= 15 is 0 Å². The zero-order valence-corrected chi connectivity index (χ0v) is 21.3. The predicted octanol–water partition coefficient (Wildman–Crippen LogP) is 10.9. The van der Waals surface area contributed by atoms with Gasteiger partial charge >= 0.3 is 0 Å². The third-order valence-corrected chi connectivity index (χ3v) is 7.88. The average Bonchev–Trinajstić information content (AvgIpc) is 3.39. The maximum Gasteiger partial charge on any atom is 0.136 e. The molecule has 0 atom stereocenters. The van der Waals surface area contributed by atoms with E-state index in [2.05, 4.69) is 133 Å². The van der Waals surface area contributed by atoms with Gasteiger partial charge in [0.1, 0.15) is 11.2 Å². The van der Waals surface area contributed by atoms with E-state index in [9.17, 15) is 0 Å². The first-order valence-electron chi connectivity index (χ1n) is 13.4. The highest BCUT2D eigenvalue weighted by molar-refractivity contribution is 6.21. The van der Waals surface area contributed by atoms with Gasteiger partial charge in [0.05, 0.1) is 0 Å². The molecule has 1 heteroatoms. The lowest BCUT2D eigenvalue weighted by molar-refractivity contribution is 0.669.